The number of carbonyl (C=O) groups is 6. The van der Waals surface area contributed by atoms with Crippen LogP contribution in [0.5, 0.6) is 0 Å². The summed E-state index contributed by atoms with van der Waals surface area (Å²) in [6.07, 6.45) is -0.354. The fraction of sp³-hybridized carbons (Fsp3) is 0.550. The van der Waals surface area contributed by atoms with Gasteiger partial charge in [-0.2, -0.15) is 4.72 Å². The van der Waals surface area contributed by atoms with E-state index >= 15 is 0 Å². The van der Waals surface area contributed by atoms with Gasteiger partial charge >= 0.3 is 0 Å². The van der Waals surface area contributed by atoms with Crippen molar-refractivity contribution in [3.63, 3.8) is 0 Å². The molecule has 0 aliphatic carbocycles. The molecule has 7 N–H and O–H groups in total. The van der Waals surface area contributed by atoms with E-state index in [1.54, 1.807) is 44.2 Å². The predicted molar refractivity (Wildman–Crippen MR) is 212 cm³/mol. The molecule has 2 aromatic rings. The molecule has 3 atom stereocenters. The second-order valence-corrected chi connectivity index (χ2v) is 16.8. The summed E-state index contributed by atoms with van der Waals surface area (Å²) in [5, 5.41) is 9.94. The summed E-state index contributed by atoms with van der Waals surface area (Å²) in [7, 11) is -4.39. The smallest absolute Gasteiger partial charge is 0.243 e. The number of primary amides is 1. The van der Waals surface area contributed by atoms with E-state index in [1.165, 1.54) is 0 Å². The number of ketones is 1. The van der Waals surface area contributed by atoms with Crippen molar-refractivity contribution in [2.45, 2.75) is 109 Å². The molecule has 0 radical (unpaired) electrons. The van der Waals surface area contributed by atoms with Gasteiger partial charge in [0, 0.05) is 31.7 Å². The number of benzene rings is 2. The van der Waals surface area contributed by atoms with Gasteiger partial charge in [0.15, 0.2) is 5.78 Å². The molecule has 14 nitrogen and oxygen atoms in total. The quantitative estimate of drug-likeness (QED) is 0.0979. The van der Waals surface area contributed by atoms with Crippen molar-refractivity contribution in [1.29, 1.82) is 0 Å². The normalized spacial score (nSPS) is 13.3. The average Bonchev–Trinajstić information content (AvgIpc) is 3.13. The number of sulfonamides is 1. The molecule has 0 saturated heterocycles. The van der Waals surface area contributed by atoms with Gasteiger partial charge in [0.1, 0.15) is 18.8 Å². The Morgan fingerprint density at radius 1 is 0.732 bits per heavy atom. The minimum absolute atomic E-state index is 0.00944. The van der Waals surface area contributed by atoms with Gasteiger partial charge in [-0.3, -0.25) is 28.8 Å². The van der Waals surface area contributed by atoms with E-state index in [2.05, 4.69) is 26.0 Å². The topological polar surface area (TPSA) is 223 Å². The number of hydrogen-bond acceptors (Lipinski definition) is 8. The third kappa shape index (κ3) is 14.8. The van der Waals surface area contributed by atoms with Crippen molar-refractivity contribution < 1.29 is 41.6 Å². The lowest BCUT2D eigenvalue weighted by molar-refractivity contribution is -0.132. The van der Waals surface area contributed by atoms with Crippen LogP contribution in [0.1, 0.15) is 108 Å². The second kappa shape index (κ2) is 22.1. The highest BCUT2D eigenvalue weighted by molar-refractivity contribution is 7.89. The molecule has 0 heterocycles. The zero-order valence-electron chi connectivity index (χ0n) is 33.7. The summed E-state index contributed by atoms with van der Waals surface area (Å²) < 4.78 is 44.0. The van der Waals surface area contributed by atoms with Crippen molar-refractivity contribution in [3.05, 3.63) is 64.7 Å². The molecule has 0 aliphatic rings. The Balaban J connectivity index is 2.03. The van der Waals surface area contributed by atoms with Crippen molar-refractivity contribution in [2.75, 3.05) is 26.3 Å². The molecule has 0 aromatic heterocycles. The van der Waals surface area contributed by atoms with Crippen LogP contribution in [0.3, 0.4) is 0 Å². The van der Waals surface area contributed by atoms with Gasteiger partial charge in [-0.25, -0.2) is 12.8 Å². The largest absolute Gasteiger partial charge is 0.368 e. The van der Waals surface area contributed by atoms with Crippen LogP contribution in [-0.2, 0) is 45.2 Å². The van der Waals surface area contributed by atoms with Crippen LogP contribution < -0.4 is 31.7 Å². The lowest BCUT2D eigenvalue weighted by Crippen LogP contribution is -2.50. The van der Waals surface area contributed by atoms with E-state index in [0.717, 1.165) is 11.1 Å². The standard InChI is InChI=1S/C40H59FN6O8S/c1-23(2)28-17-30(24(3)4)37(31(18-28)25(5)6)56(54,55)47-34(20-41)40(53)44-21-29(48)19-32(26(7)8)38(51)43-15-14-36(50)46-33(39(52)45-22-35(42)49)16-27-12-10-9-11-13-27/h9-13,17-18,23-26,32-34,47H,14-16,19-22H2,1-8H3,(H2,42,49)(H,43,51)(H,44,53)(H,45,52)(H,46,50)/t32-,33-,34?/m0/s1. The maximum Gasteiger partial charge on any atom is 0.243 e. The van der Waals surface area contributed by atoms with Crippen LogP contribution in [0.25, 0.3) is 0 Å². The van der Waals surface area contributed by atoms with Crippen LogP contribution in [-0.4, -0.2) is 82.1 Å². The first kappa shape index (κ1) is 47.5. The molecule has 0 spiro atoms. The highest BCUT2D eigenvalue weighted by Gasteiger charge is 2.32. The molecule has 0 fully saturated rings. The molecule has 5 amide bonds. The first-order valence-corrected chi connectivity index (χ1v) is 20.4. The van der Waals surface area contributed by atoms with E-state index in [0.29, 0.717) is 11.1 Å². The summed E-state index contributed by atoms with van der Waals surface area (Å²) in [6.45, 7) is 12.4. The molecular formula is C40H59FN6O8S. The Hall–Kier alpha value is -4.70. The number of carbonyl (C=O) groups excluding carboxylic acids is 6. The Morgan fingerprint density at radius 2 is 1.29 bits per heavy atom. The fourth-order valence-corrected chi connectivity index (χ4v) is 7.78. The van der Waals surface area contributed by atoms with Crippen molar-refractivity contribution in [1.82, 2.24) is 26.0 Å². The number of hydrogen-bond donors (Lipinski definition) is 6. The number of amides is 5. The van der Waals surface area contributed by atoms with E-state index in [-0.39, 0.29) is 54.4 Å². The monoisotopic (exact) mass is 802 g/mol. The number of alkyl halides is 1. The third-order valence-corrected chi connectivity index (χ3v) is 10.8. The number of halogens is 1. The predicted octanol–water partition coefficient (Wildman–Crippen LogP) is 2.86. The van der Waals surface area contributed by atoms with Gasteiger partial charge in [0.05, 0.1) is 18.0 Å². The van der Waals surface area contributed by atoms with Crippen LogP contribution in [0.15, 0.2) is 47.4 Å². The fourth-order valence-electron chi connectivity index (χ4n) is 5.91. The number of rotatable bonds is 23. The first-order chi connectivity index (χ1) is 26.2. The molecular weight excluding hydrogens is 744 g/mol. The van der Waals surface area contributed by atoms with E-state index in [1.807, 2.05) is 53.7 Å². The molecule has 56 heavy (non-hydrogen) atoms. The summed E-state index contributed by atoms with van der Waals surface area (Å²) in [5.41, 5.74) is 7.95. The zero-order chi connectivity index (χ0) is 42.3. The summed E-state index contributed by atoms with van der Waals surface area (Å²) in [5.74, 6) is -5.44. The first-order valence-electron chi connectivity index (χ1n) is 18.9. The Kier molecular flexibility index (Phi) is 18.8. The zero-order valence-corrected chi connectivity index (χ0v) is 34.5. The summed E-state index contributed by atoms with van der Waals surface area (Å²) >= 11 is 0. The minimum Gasteiger partial charge on any atom is -0.368 e. The third-order valence-electron chi connectivity index (χ3n) is 9.19. The molecule has 0 saturated carbocycles. The molecule has 2 aromatic carbocycles. The molecule has 1 unspecified atom stereocenters. The van der Waals surface area contributed by atoms with Gasteiger partial charge in [-0.05, 0) is 45.9 Å². The van der Waals surface area contributed by atoms with Crippen molar-refractivity contribution in [3.8, 4) is 0 Å². The average molecular weight is 803 g/mol. The molecule has 0 aliphatic heterocycles. The van der Waals surface area contributed by atoms with Crippen molar-refractivity contribution >= 4 is 45.3 Å². The second-order valence-electron chi connectivity index (χ2n) is 15.2. The van der Waals surface area contributed by atoms with Crippen molar-refractivity contribution in [2.24, 2.45) is 17.6 Å². The SMILES string of the molecule is CC(C)c1cc(C(C)C)c(S(=O)(=O)NC(CF)C(=O)NCC(=O)C[C@H](C(=O)NCCC(=O)N[C@@H](Cc2ccccc2)C(=O)NCC(N)=O)C(C)C)c(C(C)C)c1. The molecule has 310 valence electrons. The van der Waals surface area contributed by atoms with Gasteiger partial charge < -0.3 is 27.0 Å². The molecule has 0 bridgehead atoms. The van der Waals surface area contributed by atoms with Crippen LogP contribution in [0, 0.1) is 11.8 Å². The van der Waals surface area contributed by atoms with E-state index < -0.39 is 83.1 Å². The minimum atomic E-state index is -4.39. The maximum absolute atomic E-state index is 14.2. The van der Waals surface area contributed by atoms with Gasteiger partial charge in [0.2, 0.25) is 39.6 Å². The number of nitrogens with one attached hydrogen (secondary N) is 5. The Labute approximate surface area is 330 Å². The highest BCUT2D eigenvalue weighted by atomic mass is 32.2. The number of Topliss-reactive ketones (excluding diaryl/α,β-unsaturated/α-hetero) is 1. The number of nitrogens with two attached hydrogens (primary N) is 1. The molecule has 2 rings (SSSR count). The summed E-state index contributed by atoms with van der Waals surface area (Å²) in [6, 6.07) is 9.73. The Morgan fingerprint density at radius 3 is 1.79 bits per heavy atom. The maximum atomic E-state index is 14.2. The van der Waals surface area contributed by atoms with Crippen LogP contribution in [0.2, 0.25) is 0 Å². The Bertz CT molecular complexity index is 1770. The van der Waals surface area contributed by atoms with E-state index in [4.69, 9.17) is 5.73 Å². The molecule has 16 heteroatoms. The van der Waals surface area contributed by atoms with Gasteiger partial charge in [-0.1, -0.05) is 97.9 Å². The van der Waals surface area contributed by atoms with Gasteiger partial charge in [-0.15, -0.1) is 0 Å². The lowest BCUT2D eigenvalue weighted by Gasteiger charge is -2.24. The van der Waals surface area contributed by atoms with E-state index in [9.17, 15) is 41.6 Å². The lowest BCUT2D eigenvalue weighted by atomic mass is 9.89. The van der Waals surface area contributed by atoms with Crippen LogP contribution in [0.4, 0.5) is 4.39 Å². The van der Waals surface area contributed by atoms with Crippen LogP contribution >= 0.6 is 0 Å². The summed E-state index contributed by atoms with van der Waals surface area (Å²) in [4.78, 5) is 75.7. The highest BCUT2D eigenvalue weighted by Crippen LogP contribution is 2.35. The van der Waals surface area contributed by atoms with Gasteiger partial charge in [0.25, 0.3) is 0 Å².